The van der Waals surface area contributed by atoms with Gasteiger partial charge < -0.3 is 19.5 Å². The number of nitrogens with zero attached hydrogens (tertiary/aromatic N) is 4. The number of piperidine rings is 2. The fraction of sp³-hybridized carbons (Fsp3) is 0.600. The Morgan fingerprint density at radius 1 is 1.32 bits per heavy atom. The minimum Gasteiger partial charge on any atom is -0.384 e. The molecule has 2 aromatic heterocycles. The highest BCUT2D eigenvalue weighted by Crippen LogP contribution is 2.35. The maximum absolute atomic E-state index is 13.3. The van der Waals surface area contributed by atoms with E-state index in [9.17, 15) is 4.79 Å². The van der Waals surface area contributed by atoms with Gasteiger partial charge in [0, 0.05) is 32.3 Å². The van der Waals surface area contributed by atoms with Gasteiger partial charge in [-0.3, -0.25) is 9.78 Å². The van der Waals surface area contributed by atoms with E-state index in [4.69, 9.17) is 9.26 Å². The van der Waals surface area contributed by atoms with Crippen molar-refractivity contribution in [1.29, 1.82) is 0 Å². The van der Waals surface area contributed by atoms with Gasteiger partial charge in [0.1, 0.15) is 5.69 Å². The highest BCUT2D eigenvalue weighted by molar-refractivity contribution is 5.83. The molecule has 8 nitrogen and oxygen atoms in total. The van der Waals surface area contributed by atoms with Gasteiger partial charge in [-0.2, -0.15) is 4.98 Å². The second kappa shape index (κ2) is 8.36. The molecule has 1 N–H and O–H groups in total. The van der Waals surface area contributed by atoms with E-state index in [1.165, 1.54) is 0 Å². The lowest BCUT2D eigenvalue weighted by Gasteiger charge is -2.41. The standard InChI is InChI=1S/C20H27N5O3/c1-27-14-20(7-10-21-11-8-20)19(26)25-12-5-15(6-13-25)18-23-17(24-28-18)16-4-2-3-9-22-16/h2-4,9,15,21H,5-8,10-14H2,1H3. The fourth-order valence-corrected chi connectivity index (χ4v) is 4.27. The molecule has 2 aliphatic rings. The Morgan fingerprint density at radius 2 is 2.11 bits per heavy atom. The van der Waals surface area contributed by atoms with Crippen LogP contribution in [-0.2, 0) is 9.53 Å². The molecule has 8 heteroatoms. The van der Waals surface area contributed by atoms with E-state index in [1.54, 1.807) is 13.3 Å². The Hall–Kier alpha value is -2.32. The zero-order valence-electron chi connectivity index (χ0n) is 16.3. The molecule has 150 valence electrons. The molecule has 28 heavy (non-hydrogen) atoms. The maximum Gasteiger partial charge on any atom is 0.231 e. The summed E-state index contributed by atoms with van der Waals surface area (Å²) in [6.45, 7) is 3.64. The molecule has 0 radical (unpaired) electrons. The van der Waals surface area contributed by atoms with Crippen molar-refractivity contribution < 1.29 is 14.1 Å². The van der Waals surface area contributed by atoms with Crippen LogP contribution in [0.4, 0.5) is 0 Å². The number of carbonyl (C=O) groups excluding carboxylic acids is 1. The third-order valence-electron chi connectivity index (χ3n) is 5.90. The van der Waals surface area contributed by atoms with Crippen molar-refractivity contribution in [3.8, 4) is 11.5 Å². The zero-order chi connectivity index (χ0) is 19.4. The van der Waals surface area contributed by atoms with Crippen molar-refractivity contribution >= 4 is 5.91 Å². The predicted octanol–water partition coefficient (Wildman–Crippen LogP) is 1.85. The number of aromatic nitrogens is 3. The Bertz CT molecular complexity index is 775. The molecular weight excluding hydrogens is 358 g/mol. The van der Waals surface area contributed by atoms with Crippen LogP contribution < -0.4 is 5.32 Å². The molecule has 4 heterocycles. The molecule has 2 aliphatic heterocycles. The summed E-state index contributed by atoms with van der Waals surface area (Å²) in [4.78, 5) is 24.1. The molecule has 2 fully saturated rings. The Balaban J connectivity index is 1.39. The van der Waals surface area contributed by atoms with Crippen LogP contribution in [0.5, 0.6) is 0 Å². The highest BCUT2D eigenvalue weighted by Gasteiger charge is 2.43. The summed E-state index contributed by atoms with van der Waals surface area (Å²) in [6.07, 6.45) is 5.04. The molecule has 1 amide bonds. The number of hydrogen-bond donors (Lipinski definition) is 1. The normalized spacial score (nSPS) is 20.2. The van der Waals surface area contributed by atoms with Gasteiger partial charge in [0.2, 0.25) is 17.6 Å². The van der Waals surface area contributed by atoms with Crippen LogP contribution in [-0.4, -0.2) is 65.8 Å². The molecule has 4 rings (SSSR count). The summed E-state index contributed by atoms with van der Waals surface area (Å²) < 4.78 is 10.9. The lowest BCUT2D eigenvalue weighted by molar-refractivity contribution is -0.148. The first-order chi connectivity index (χ1) is 13.7. The first-order valence-corrected chi connectivity index (χ1v) is 9.96. The van der Waals surface area contributed by atoms with E-state index in [0.717, 1.165) is 38.8 Å². The predicted molar refractivity (Wildman–Crippen MR) is 102 cm³/mol. The summed E-state index contributed by atoms with van der Waals surface area (Å²) in [7, 11) is 1.68. The van der Waals surface area contributed by atoms with Gasteiger partial charge in [-0.25, -0.2) is 0 Å². The number of hydrogen-bond acceptors (Lipinski definition) is 7. The highest BCUT2D eigenvalue weighted by atomic mass is 16.5. The van der Waals surface area contributed by atoms with E-state index in [1.807, 2.05) is 23.1 Å². The number of ether oxygens (including phenoxy) is 1. The van der Waals surface area contributed by atoms with Gasteiger partial charge in [0.05, 0.1) is 12.0 Å². The summed E-state index contributed by atoms with van der Waals surface area (Å²) in [5, 5.41) is 7.41. The van der Waals surface area contributed by atoms with Crippen LogP contribution in [0.3, 0.4) is 0 Å². The number of carbonyl (C=O) groups is 1. The lowest BCUT2D eigenvalue weighted by atomic mass is 9.77. The number of methoxy groups -OCH3 is 1. The van der Waals surface area contributed by atoms with Gasteiger partial charge in [0.15, 0.2) is 0 Å². The van der Waals surface area contributed by atoms with E-state index in [-0.39, 0.29) is 17.2 Å². The summed E-state index contributed by atoms with van der Waals surface area (Å²) >= 11 is 0. The van der Waals surface area contributed by atoms with Crippen molar-refractivity contribution in [2.75, 3.05) is 39.9 Å². The van der Waals surface area contributed by atoms with Crippen molar-refractivity contribution in [2.45, 2.75) is 31.6 Å². The molecule has 2 aromatic rings. The average molecular weight is 385 g/mol. The Kier molecular flexibility index (Phi) is 5.68. The van der Waals surface area contributed by atoms with Crippen LogP contribution in [0.2, 0.25) is 0 Å². The SMILES string of the molecule is COCC1(C(=O)N2CCC(c3nc(-c4ccccn4)no3)CC2)CCNCC1. The van der Waals surface area contributed by atoms with Crippen molar-refractivity contribution in [1.82, 2.24) is 25.3 Å². The van der Waals surface area contributed by atoms with Crippen molar-refractivity contribution in [3.63, 3.8) is 0 Å². The van der Waals surface area contributed by atoms with Gasteiger partial charge in [0.25, 0.3) is 0 Å². The molecule has 2 saturated heterocycles. The van der Waals surface area contributed by atoms with E-state index < -0.39 is 0 Å². The first-order valence-electron chi connectivity index (χ1n) is 9.96. The fourth-order valence-electron chi connectivity index (χ4n) is 4.27. The van der Waals surface area contributed by atoms with E-state index >= 15 is 0 Å². The van der Waals surface area contributed by atoms with Crippen molar-refractivity contribution in [3.05, 3.63) is 30.3 Å². The molecule has 0 aromatic carbocycles. The van der Waals surface area contributed by atoms with E-state index in [2.05, 4.69) is 20.4 Å². The number of nitrogens with one attached hydrogen (secondary N) is 1. The van der Waals surface area contributed by atoms with Gasteiger partial charge in [-0.05, 0) is 50.9 Å². The summed E-state index contributed by atoms with van der Waals surface area (Å²) in [5.41, 5.74) is 0.321. The molecule has 0 bridgehead atoms. The molecule has 0 spiro atoms. The Morgan fingerprint density at radius 3 is 2.79 bits per heavy atom. The van der Waals surface area contributed by atoms with Crippen molar-refractivity contribution in [2.24, 2.45) is 5.41 Å². The molecule has 0 unspecified atom stereocenters. The average Bonchev–Trinajstić information content (AvgIpc) is 3.25. The lowest BCUT2D eigenvalue weighted by Crippen LogP contribution is -2.53. The number of pyridine rings is 1. The minimum absolute atomic E-state index is 0.181. The summed E-state index contributed by atoms with van der Waals surface area (Å²) in [6, 6.07) is 5.62. The molecule has 0 atom stereocenters. The minimum atomic E-state index is -0.385. The maximum atomic E-state index is 13.3. The Labute approximate surface area is 164 Å². The van der Waals surface area contributed by atoms with Crippen LogP contribution in [0.25, 0.3) is 11.5 Å². The third kappa shape index (κ3) is 3.79. The number of amides is 1. The van der Waals surface area contributed by atoms with Crippen LogP contribution >= 0.6 is 0 Å². The molecule has 0 saturated carbocycles. The van der Waals surface area contributed by atoms with Crippen LogP contribution in [0.15, 0.2) is 28.9 Å². The number of rotatable bonds is 5. The molecular formula is C20H27N5O3. The summed E-state index contributed by atoms with van der Waals surface area (Å²) in [5.74, 6) is 1.57. The second-order valence-electron chi connectivity index (χ2n) is 7.70. The smallest absolute Gasteiger partial charge is 0.231 e. The van der Waals surface area contributed by atoms with Gasteiger partial charge in [-0.15, -0.1) is 0 Å². The van der Waals surface area contributed by atoms with Crippen LogP contribution in [0, 0.1) is 5.41 Å². The van der Waals surface area contributed by atoms with E-state index in [0.29, 0.717) is 37.1 Å². The topological polar surface area (TPSA) is 93.4 Å². The van der Waals surface area contributed by atoms with Crippen LogP contribution in [0.1, 0.15) is 37.5 Å². The molecule has 0 aliphatic carbocycles. The quantitative estimate of drug-likeness (QED) is 0.839. The second-order valence-corrected chi connectivity index (χ2v) is 7.70. The van der Waals surface area contributed by atoms with Gasteiger partial charge >= 0.3 is 0 Å². The zero-order valence-corrected chi connectivity index (χ0v) is 16.3. The third-order valence-corrected chi connectivity index (χ3v) is 5.90. The van der Waals surface area contributed by atoms with Gasteiger partial charge in [-0.1, -0.05) is 11.2 Å². The monoisotopic (exact) mass is 385 g/mol. The largest absolute Gasteiger partial charge is 0.384 e. The first kappa shape index (κ1) is 19.0. The number of likely N-dealkylation sites (tertiary alicyclic amines) is 1.